The lowest BCUT2D eigenvalue weighted by Gasteiger charge is -2.03. The van der Waals surface area contributed by atoms with Gasteiger partial charge in [0.1, 0.15) is 17.0 Å². The van der Waals surface area contributed by atoms with Crippen LogP contribution in [0.4, 0.5) is 4.39 Å². The van der Waals surface area contributed by atoms with E-state index in [4.69, 9.17) is 4.98 Å². The minimum absolute atomic E-state index is 0.312. The van der Waals surface area contributed by atoms with E-state index in [0.717, 1.165) is 27.5 Å². The van der Waals surface area contributed by atoms with Crippen molar-refractivity contribution in [2.75, 3.05) is 0 Å². The largest absolute Gasteiger partial charge is 0.335 e. The molecule has 2 N–H and O–H groups in total. The number of imidazole rings is 1. The molecule has 0 saturated carbocycles. The Hall–Kier alpha value is -4.39. The van der Waals surface area contributed by atoms with Crippen LogP contribution in [0.5, 0.6) is 0 Å². The van der Waals surface area contributed by atoms with Crippen molar-refractivity contribution in [3.63, 3.8) is 0 Å². The van der Waals surface area contributed by atoms with Crippen LogP contribution in [-0.2, 0) is 0 Å². The molecule has 2 aromatic carbocycles. The van der Waals surface area contributed by atoms with Gasteiger partial charge in [-0.05, 0) is 29.8 Å². The summed E-state index contributed by atoms with van der Waals surface area (Å²) >= 11 is 0. The summed E-state index contributed by atoms with van der Waals surface area (Å²) in [7, 11) is 0. The summed E-state index contributed by atoms with van der Waals surface area (Å²) in [6.07, 6.45) is 6.90. The molecule has 7 heteroatoms. The normalized spacial score (nSPS) is 11.4. The van der Waals surface area contributed by atoms with Crippen LogP contribution in [0.2, 0.25) is 0 Å². The second-order valence-corrected chi connectivity index (χ2v) is 7.22. The zero-order chi connectivity index (χ0) is 20.8. The molecule has 0 saturated heterocycles. The van der Waals surface area contributed by atoms with E-state index in [1.807, 2.05) is 30.5 Å². The summed E-state index contributed by atoms with van der Waals surface area (Å²) in [6.45, 7) is 0. The predicted molar refractivity (Wildman–Crippen MR) is 118 cm³/mol. The summed E-state index contributed by atoms with van der Waals surface area (Å²) in [5, 5.41) is 8.48. The maximum atomic E-state index is 14.4. The Kier molecular flexibility index (Phi) is 3.86. The Morgan fingerprint density at radius 1 is 0.774 bits per heavy atom. The van der Waals surface area contributed by atoms with E-state index < -0.39 is 0 Å². The first kappa shape index (κ1) is 17.5. The van der Waals surface area contributed by atoms with Crippen molar-refractivity contribution < 1.29 is 4.39 Å². The number of fused-ring (bicyclic) bond motifs is 2. The van der Waals surface area contributed by atoms with Gasteiger partial charge in [0, 0.05) is 40.7 Å². The highest BCUT2D eigenvalue weighted by atomic mass is 19.1. The number of nitrogens with one attached hydrogen (secondary N) is 2. The van der Waals surface area contributed by atoms with Crippen LogP contribution in [0.1, 0.15) is 0 Å². The van der Waals surface area contributed by atoms with Crippen LogP contribution >= 0.6 is 0 Å². The van der Waals surface area contributed by atoms with Gasteiger partial charge in [-0.25, -0.2) is 9.37 Å². The van der Waals surface area contributed by atoms with Gasteiger partial charge in [-0.2, -0.15) is 5.10 Å². The molecule has 6 aromatic rings. The minimum atomic E-state index is -0.312. The number of H-pyrrole nitrogens is 2. The topological polar surface area (TPSA) is 83.1 Å². The molecule has 0 spiro atoms. The molecule has 4 heterocycles. The fourth-order valence-electron chi connectivity index (χ4n) is 3.83. The van der Waals surface area contributed by atoms with Crippen LogP contribution in [0, 0.1) is 5.82 Å². The van der Waals surface area contributed by atoms with Gasteiger partial charge in [-0.15, -0.1) is 0 Å². The van der Waals surface area contributed by atoms with E-state index in [9.17, 15) is 4.39 Å². The summed E-state index contributed by atoms with van der Waals surface area (Å²) in [6, 6.07) is 16.6. The van der Waals surface area contributed by atoms with Crippen LogP contribution in [0.25, 0.3) is 55.7 Å². The van der Waals surface area contributed by atoms with Crippen LogP contribution in [-0.4, -0.2) is 30.1 Å². The highest BCUT2D eigenvalue weighted by Crippen LogP contribution is 2.33. The lowest BCUT2D eigenvalue weighted by molar-refractivity contribution is 0.631. The van der Waals surface area contributed by atoms with E-state index in [0.29, 0.717) is 28.2 Å². The first-order valence-corrected chi connectivity index (χ1v) is 9.75. The number of pyridine rings is 2. The number of hydrogen-bond acceptors (Lipinski definition) is 4. The molecule has 0 aliphatic carbocycles. The summed E-state index contributed by atoms with van der Waals surface area (Å²) in [4.78, 5) is 16.5. The number of aromatic nitrogens is 6. The number of nitrogens with zero attached hydrogens (tertiary/aromatic N) is 4. The van der Waals surface area contributed by atoms with Gasteiger partial charge in [0.05, 0.1) is 17.2 Å². The van der Waals surface area contributed by atoms with Gasteiger partial charge >= 0.3 is 0 Å². The Labute approximate surface area is 175 Å². The molecule has 6 nitrogen and oxygen atoms in total. The standard InChI is InChI=1S/C24H15FN6/c25-19-6-2-1-5-16(19)18-12-27-13-21-22(18)29-24(28-21)23-17-10-14(7-8-20(17)30-31-23)15-4-3-9-26-11-15/h1-13H,(H,28,29)(H,30,31). The first-order chi connectivity index (χ1) is 15.3. The van der Waals surface area contributed by atoms with Gasteiger partial charge in [-0.1, -0.05) is 30.3 Å². The second kappa shape index (κ2) is 6.84. The van der Waals surface area contributed by atoms with Crippen molar-refractivity contribution in [1.82, 2.24) is 30.1 Å². The molecule has 0 aliphatic rings. The molecule has 0 aliphatic heterocycles. The third-order valence-electron chi connectivity index (χ3n) is 5.34. The molecule has 6 rings (SSSR count). The zero-order valence-corrected chi connectivity index (χ0v) is 16.2. The van der Waals surface area contributed by atoms with Gasteiger partial charge in [0.25, 0.3) is 0 Å². The minimum Gasteiger partial charge on any atom is -0.335 e. The van der Waals surface area contributed by atoms with Gasteiger partial charge in [-0.3, -0.25) is 15.1 Å². The Balaban J connectivity index is 1.53. The molecular formula is C24H15FN6. The average molecular weight is 406 g/mol. The zero-order valence-electron chi connectivity index (χ0n) is 16.2. The highest BCUT2D eigenvalue weighted by Gasteiger charge is 2.17. The van der Waals surface area contributed by atoms with Crippen LogP contribution in [0.15, 0.2) is 79.4 Å². The lowest BCUT2D eigenvalue weighted by Crippen LogP contribution is -1.87. The second-order valence-electron chi connectivity index (χ2n) is 7.22. The third-order valence-corrected chi connectivity index (χ3v) is 5.34. The van der Waals surface area contributed by atoms with E-state index in [-0.39, 0.29) is 5.82 Å². The number of rotatable bonds is 3. The van der Waals surface area contributed by atoms with Crippen molar-refractivity contribution in [1.29, 1.82) is 0 Å². The Bertz CT molecular complexity index is 1550. The Morgan fingerprint density at radius 2 is 1.71 bits per heavy atom. The summed E-state index contributed by atoms with van der Waals surface area (Å²) < 4.78 is 14.4. The van der Waals surface area contributed by atoms with Crippen molar-refractivity contribution in [2.24, 2.45) is 0 Å². The molecule has 0 fully saturated rings. The monoisotopic (exact) mass is 406 g/mol. The van der Waals surface area contributed by atoms with Gasteiger partial charge in [0.15, 0.2) is 5.82 Å². The fraction of sp³-hybridized carbons (Fsp3) is 0. The predicted octanol–water partition coefficient (Wildman–Crippen LogP) is 5.37. The van der Waals surface area contributed by atoms with Crippen molar-refractivity contribution in [2.45, 2.75) is 0 Å². The quantitative estimate of drug-likeness (QED) is 0.414. The number of hydrogen-bond donors (Lipinski definition) is 2. The fourth-order valence-corrected chi connectivity index (χ4v) is 3.83. The van der Waals surface area contributed by atoms with Crippen molar-refractivity contribution in [3.8, 4) is 33.8 Å². The average Bonchev–Trinajstić information content (AvgIpc) is 3.43. The molecule has 0 radical (unpaired) electrons. The molecular weight excluding hydrogens is 391 g/mol. The van der Waals surface area contributed by atoms with E-state index in [1.54, 1.807) is 36.8 Å². The van der Waals surface area contributed by atoms with Gasteiger partial charge in [0.2, 0.25) is 0 Å². The first-order valence-electron chi connectivity index (χ1n) is 9.75. The van der Waals surface area contributed by atoms with E-state index >= 15 is 0 Å². The molecule has 4 aromatic heterocycles. The van der Waals surface area contributed by atoms with Gasteiger partial charge < -0.3 is 4.98 Å². The Morgan fingerprint density at radius 3 is 2.58 bits per heavy atom. The highest BCUT2D eigenvalue weighted by molar-refractivity contribution is 5.98. The van der Waals surface area contributed by atoms with Crippen molar-refractivity contribution in [3.05, 3.63) is 85.2 Å². The SMILES string of the molecule is Fc1ccccc1-c1cncc2[nH]c(-c3n[nH]c4ccc(-c5cccnc5)cc34)nc12. The summed E-state index contributed by atoms with van der Waals surface area (Å²) in [5.74, 6) is 0.280. The number of halogens is 1. The molecule has 148 valence electrons. The molecule has 0 atom stereocenters. The van der Waals surface area contributed by atoms with E-state index in [1.165, 1.54) is 6.07 Å². The van der Waals surface area contributed by atoms with Crippen LogP contribution < -0.4 is 0 Å². The molecule has 0 bridgehead atoms. The molecule has 0 unspecified atom stereocenters. The third kappa shape index (κ3) is 2.86. The molecule has 0 amide bonds. The maximum absolute atomic E-state index is 14.4. The number of benzene rings is 2. The lowest BCUT2D eigenvalue weighted by atomic mass is 10.0. The maximum Gasteiger partial charge on any atom is 0.159 e. The van der Waals surface area contributed by atoms with Crippen LogP contribution in [0.3, 0.4) is 0 Å². The van der Waals surface area contributed by atoms with E-state index in [2.05, 4.69) is 31.2 Å². The van der Waals surface area contributed by atoms with Crippen molar-refractivity contribution >= 4 is 21.9 Å². The number of aromatic amines is 2. The summed E-state index contributed by atoms with van der Waals surface area (Å²) in [5.41, 5.74) is 6.11. The smallest absolute Gasteiger partial charge is 0.159 e. The molecule has 31 heavy (non-hydrogen) atoms.